The van der Waals surface area contributed by atoms with Crippen LogP contribution in [-0.2, 0) is 11.3 Å². The smallest absolute Gasteiger partial charge is 0.279 e. The molecule has 0 N–H and O–H groups in total. The maximum absolute atomic E-state index is 12.8. The van der Waals surface area contributed by atoms with E-state index >= 15 is 0 Å². The zero-order valence-electron chi connectivity index (χ0n) is 15.5. The zero-order chi connectivity index (χ0) is 19.3. The average molecular weight is 371 g/mol. The van der Waals surface area contributed by atoms with Crippen molar-refractivity contribution >= 4 is 17.5 Å². The highest BCUT2D eigenvalue weighted by Gasteiger charge is 2.22. The van der Waals surface area contributed by atoms with E-state index in [0.717, 1.165) is 17.7 Å². The van der Waals surface area contributed by atoms with Crippen LogP contribution in [-0.4, -0.2) is 22.9 Å². The third kappa shape index (κ3) is 3.93. The lowest BCUT2D eigenvalue weighted by Gasteiger charge is -2.15. The number of hydrogen-bond donors (Lipinski definition) is 0. The molecule has 3 aromatic rings. The lowest BCUT2D eigenvalue weighted by Crippen LogP contribution is -2.24. The fourth-order valence-corrected chi connectivity index (χ4v) is 3.38. The molecule has 1 saturated heterocycles. The average Bonchev–Trinajstić information content (AvgIpc) is 3.16. The summed E-state index contributed by atoms with van der Waals surface area (Å²) < 4.78 is 1.95. The molecule has 1 aromatic heterocycles. The molecule has 4 rings (SSSR count). The Morgan fingerprint density at radius 3 is 2.57 bits per heavy atom. The van der Waals surface area contributed by atoms with Gasteiger partial charge in [0.1, 0.15) is 5.49 Å². The van der Waals surface area contributed by atoms with Crippen molar-refractivity contribution in [1.82, 2.24) is 4.57 Å². The van der Waals surface area contributed by atoms with Crippen molar-refractivity contribution in [2.24, 2.45) is 4.99 Å². The van der Waals surface area contributed by atoms with Gasteiger partial charge in [0.25, 0.3) is 5.91 Å². The molecule has 1 aliphatic heterocycles. The van der Waals surface area contributed by atoms with Gasteiger partial charge in [-0.25, -0.2) is 0 Å². The Morgan fingerprint density at radius 1 is 0.964 bits per heavy atom. The molecule has 0 atom stereocenters. The maximum atomic E-state index is 12.8. The van der Waals surface area contributed by atoms with Crippen molar-refractivity contribution in [2.45, 2.75) is 19.4 Å². The second-order valence-electron chi connectivity index (χ2n) is 6.79. The summed E-state index contributed by atoms with van der Waals surface area (Å²) in [5, 5.41) is 0. The molecule has 5 nitrogen and oxygen atoms in total. The van der Waals surface area contributed by atoms with Crippen LogP contribution in [0.25, 0.3) is 0 Å². The van der Waals surface area contributed by atoms with Gasteiger partial charge < -0.3 is 9.47 Å². The van der Waals surface area contributed by atoms with Gasteiger partial charge in [0, 0.05) is 37.0 Å². The molecule has 0 unspecified atom stereocenters. The fraction of sp³-hybridized carbons (Fsp3) is 0.174. The molecule has 0 aliphatic carbocycles. The molecule has 140 valence electrons. The monoisotopic (exact) mass is 371 g/mol. The second kappa shape index (κ2) is 8.05. The minimum Gasteiger partial charge on any atom is -0.328 e. The van der Waals surface area contributed by atoms with E-state index < -0.39 is 0 Å². The normalized spacial score (nSPS) is 14.5. The zero-order valence-corrected chi connectivity index (χ0v) is 15.5. The first-order valence-corrected chi connectivity index (χ1v) is 9.39. The Kier molecular flexibility index (Phi) is 5.15. The number of nitrogens with zero attached hydrogens (tertiary/aromatic N) is 3. The molecule has 28 heavy (non-hydrogen) atoms. The van der Waals surface area contributed by atoms with Crippen LogP contribution >= 0.6 is 0 Å². The molecule has 1 fully saturated rings. The number of hydrogen-bond acceptors (Lipinski definition) is 2. The third-order valence-corrected chi connectivity index (χ3v) is 4.81. The van der Waals surface area contributed by atoms with Gasteiger partial charge in [0.15, 0.2) is 0 Å². The lowest BCUT2D eigenvalue weighted by atomic mass is 10.2. The fourth-order valence-electron chi connectivity index (χ4n) is 3.38. The molecule has 0 bridgehead atoms. The van der Waals surface area contributed by atoms with E-state index in [4.69, 9.17) is 0 Å². The van der Waals surface area contributed by atoms with Gasteiger partial charge in [-0.15, -0.1) is 0 Å². The number of benzene rings is 2. The lowest BCUT2D eigenvalue weighted by molar-refractivity contribution is -0.117. The topological polar surface area (TPSA) is 54.7 Å². The van der Waals surface area contributed by atoms with Gasteiger partial charge in [-0.05, 0) is 42.3 Å². The van der Waals surface area contributed by atoms with Crippen LogP contribution in [0.3, 0.4) is 0 Å². The number of anilines is 1. The van der Waals surface area contributed by atoms with Crippen LogP contribution in [0.1, 0.15) is 28.8 Å². The summed E-state index contributed by atoms with van der Waals surface area (Å²) >= 11 is 0. The van der Waals surface area contributed by atoms with Crippen molar-refractivity contribution in [3.05, 3.63) is 95.6 Å². The van der Waals surface area contributed by atoms with E-state index in [2.05, 4.69) is 4.99 Å². The highest BCUT2D eigenvalue weighted by molar-refractivity contribution is 5.99. The van der Waals surface area contributed by atoms with Gasteiger partial charge in [0.05, 0.1) is 0 Å². The van der Waals surface area contributed by atoms with Gasteiger partial charge >= 0.3 is 0 Å². The summed E-state index contributed by atoms with van der Waals surface area (Å²) in [5.41, 5.74) is 2.97. The van der Waals surface area contributed by atoms with E-state index in [1.54, 1.807) is 23.1 Å². The van der Waals surface area contributed by atoms with Crippen LogP contribution in [0.2, 0.25) is 0 Å². The number of pyridine rings is 1. The van der Waals surface area contributed by atoms with Crippen molar-refractivity contribution in [2.75, 3.05) is 11.4 Å². The van der Waals surface area contributed by atoms with Crippen molar-refractivity contribution in [3.8, 4) is 0 Å². The minimum atomic E-state index is -0.318. The largest absolute Gasteiger partial charge is 0.328 e. The number of aromatic nitrogens is 1. The number of carbonyl (C=O) groups excluding carboxylic acids is 2. The molecular weight excluding hydrogens is 350 g/mol. The predicted octanol–water partition coefficient (Wildman–Crippen LogP) is 3.40. The van der Waals surface area contributed by atoms with Crippen LogP contribution in [0.4, 0.5) is 5.69 Å². The van der Waals surface area contributed by atoms with Gasteiger partial charge in [-0.1, -0.05) is 42.5 Å². The Hall–Kier alpha value is -3.47. The Balaban J connectivity index is 1.63. The molecule has 1 aliphatic rings. The first-order valence-electron chi connectivity index (χ1n) is 9.39. The van der Waals surface area contributed by atoms with E-state index in [9.17, 15) is 9.59 Å². The quantitative estimate of drug-likeness (QED) is 0.706. The molecule has 2 aromatic carbocycles. The second-order valence-corrected chi connectivity index (χ2v) is 6.79. The van der Waals surface area contributed by atoms with Crippen LogP contribution < -0.4 is 10.4 Å². The van der Waals surface area contributed by atoms with Crippen molar-refractivity contribution < 1.29 is 9.59 Å². The summed E-state index contributed by atoms with van der Waals surface area (Å²) in [7, 11) is 0. The summed E-state index contributed by atoms with van der Waals surface area (Å²) in [5.74, 6) is -0.216. The van der Waals surface area contributed by atoms with Gasteiger partial charge in [-0.2, -0.15) is 4.99 Å². The Bertz CT molecular complexity index is 1070. The van der Waals surface area contributed by atoms with Crippen LogP contribution in [0.15, 0.2) is 84.0 Å². The summed E-state index contributed by atoms with van der Waals surface area (Å²) in [6.45, 7) is 1.33. The summed E-state index contributed by atoms with van der Waals surface area (Å²) in [4.78, 5) is 30.8. The van der Waals surface area contributed by atoms with Gasteiger partial charge in [-0.3, -0.25) is 9.59 Å². The summed E-state index contributed by atoms with van der Waals surface area (Å²) in [6.07, 6.45) is 3.33. The SMILES string of the molecule is O=C(N=c1ccccn1Cc1ccccc1)c1cccc(N2CCCC2=O)c1. The molecule has 0 spiro atoms. The molecule has 0 saturated carbocycles. The minimum absolute atomic E-state index is 0.102. The molecule has 2 amide bonds. The first kappa shape index (κ1) is 17.9. The molecule has 5 heteroatoms. The van der Waals surface area contributed by atoms with E-state index in [1.165, 1.54) is 0 Å². The predicted molar refractivity (Wildman–Crippen MR) is 108 cm³/mol. The summed E-state index contributed by atoms with van der Waals surface area (Å²) in [6, 6.07) is 22.8. The molecular formula is C23H21N3O2. The number of rotatable bonds is 4. The van der Waals surface area contributed by atoms with E-state index in [1.807, 2.05) is 65.4 Å². The third-order valence-electron chi connectivity index (χ3n) is 4.81. The van der Waals surface area contributed by atoms with E-state index in [0.29, 0.717) is 30.6 Å². The van der Waals surface area contributed by atoms with Crippen LogP contribution in [0, 0.1) is 0 Å². The number of carbonyl (C=O) groups is 2. The Labute approximate surface area is 163 Å². The van der Waals surface area contributed by atoms with Crippen molar-refractivity contribution in [1.29, 1.82) is 0 Å². The number of amides is 2. The molecule has 0 radical (unpaired) electrons. The highest BCUT2D eigenvalue weighted by atomic mass is 16.2. The maximum Gasteiger partial charge on any atom is 0.279 e. The highest BCUT2D eigenvalue weighted by Crippen LogP contribution is 2.22. The standard InChI is InChI=1S/C23H21N3O2/c27-22-13-7-15-26(22)20-11-6-10-19(16-20)23(28)24-21-12-4-5-14-25(21)17-18-8-2-1-3-9-18/h1-6,8-12,14,16H,7,13,15,17H2. The van der Waals surface area contributed by atoms with Gasteiger partial charge in [0.2, 0.25) is 5.91 Å². The van der Waals surface area contributed by atoms with Crippen LogP contribution in [0.5, 0.6) is 0 Å². The van der Waals surface area contributed by atoms with E-state index in [-0.39, 0.29) is 11.8 Å². The van der Waals surface area contributed by atoms with Crippen molar-refractivity contribution in [3.63, 3.8) is 0 Å². The Morgan fingerprint density at radius 2 is 1.79 bits per heavy atom. The molecule has 2 heterocycles. The first-order chi connectivity index (χ1) is 13.7.